The number of carbonyl (C=O) groups is 1. The van der Waals surface area contributed by atoms with Crippen molar-refractivity contribution >= 4 is 5.91 Å². The molecular weight excluding hydrogens is 216 g/mol. The van der Waals surface area contributed by atoms with Gasteiger partial charge in [-0.2, -0.15) is 0 Å². The first-order chi connectivity index (χ1) is 8.24. The van der Waals surface area contributed by atoms with Gasteiger partial charge in [-0.3, -0.25) is 4.79 Å². The van der Waals surface area contributed by atoms with Crippen molar-refractivity contribution in [3.05, 3.63) is 18.2 Å². The van der Waals surface area contributed by atoms with E-state index in [1.807, 2.05) is 9.47 Å². The molecule has 0 aliphatic carbocycles. The van der Waals surface area contributed by atoms with Gasteiger partial charge in [0.05, 0.1) is 6.33 Å². The largest absolute Gasteiger partial charge is 0.337 e. The maximum atomic E-state index is 12.1. The van der Waals surface area contributed by atoms with E-state index in [0.717, 1.165) is 25.9 Å². The van der Waals surface area contributed by atoms with Crippen LogP contribution in [0.5, 0.6) is 0 Å². The first-order valence-corrected chi connectivity index (χ1v) is 6.25. The third kappa shape index (κ3) is 2.66. The molecule has 2 rings (SSSR count). The second-order valence-corrected chi connectivity index (χ2v) is 4.60. The molecule has 1 aromatic heterocycles. The van der Waals surface area contributed by atoms with Crippen molar-refractivity contribution in [2.24, 2.45) is 11.7 Å². The number of hydrogen-bond acceptors (Lipinski definition) is 3. The van der Waals surface area contributed by atoms with E-state index in [-0.39, 0.29) is 5.91 Å². The first kappa shape index (κ1) is 12.1. The minimum Gasteiger partial charge on any atom is -0.337 e. The molecule has 0 radical (unpaired) electrons. The Balaban J connectivity index is 1.99. The Labute approximate surface area is 102 Å². The van der Waals surface area contributed by atoms with Crippen molar-refractivity contribution in [1.29, 1.82) is 0 Å². The summed E-state index contributed by atoms with van der Waals surface area (Å²) in [6.45, 7) is 5.18. The number of nitrogens with two attached hydrogens (primary N) is 1. The van der Waals surface area contributed by atoms with Gasteiger partial charge in [-0.15, -0.1) is 0 Å². The fraction of sp³-hybridized carbons (Fsp3) is 0.667. The maximum absolute atomic E-state index is 12.1. The molecule has 1 aromatic rings. The van der Waals surface area contributed by atoms with Gasteiger partial charge >= 0.3 is 0 Å². The zero-order valence-corrected chi connectivity index (χ0v) is 10.3. The normalized spacial score (nSPS) is 19.9. The predicted octanol–water partition coefficient (Wildman–Crippen LogP) is 0.714. The summed E-state index contributed by atoms with van der Waals surface area (Å²) in [5.74, 6) is 0.710. The molecule has 5 nitrogen and oxygen atoms in total. The van der Waals surface area contributed by atoms with E-state index in [1.165, 1.54) is 0 Å². The van der Waals surface area contributed by atoms with Crippen LogP contribution in [0.3, 0.4) is 0 Å². The van der Waals surface area contributed by atoms with Crippen LogP contribution in [0.25, 0.3) is 0 Å². The quantitative estimate of drug-likeness (QED) is 0.837. The summed E-state index contributed by atoms with van der Waals surface area (Å²) in [5, 5.41) is 0. The van der Waals surface area contributed by atoms with Gasteiger partial charge < -0.3 is 15.2 Å². The molecule has 1 fully saturated rings. The zero-order valence-electron chi connectivity index (χ0n) is 10.3. The Hall–Kier alpha value is -1.36. The topological polar surface area (TPSA) is 64.2 Å². The van der Waals surface area contributed by atoms with Crippen LogP contribution in [-0.2, 0) is 6.54 Å². The number of carbonyl (C=O) groups excluding carboxylic acids is 1. The van der Waals surface area contributed by atoms with E-state index < -0.39 is 0 Å². The molecule has 94 valence electrons. The lowest BCUT2D eigenvalue weighted by Gasteiger charge is -2.14. The van der Waals surface area contributed by atoms with Crippen LogP contribution >= 0.6 is 0 Å². The Morgan fingerprint density at radius 2 is 2.47 bits per heavy atom. The Morgan fingerprint density at radius 1 is 1.65 bits per heavy atom. The number of rotatable bonds is 4. The number of amides is 1. The number of nitrogens with zero attached hydrogens (tertiary/aromatic N) is 3. The van der Waals surface area contributed by atoms with Crippen LogP contribution < -0.4 is 5.73 Å². The first-order valence-electron chi connectivity index (χ1n) is 6.25. The molecule has 0 bridgehead atoms. The molecule has 17 heavy (non-hydrogen) atoms. The summed E-state index contributed by atoms with van der Waals surface area (Å²) in [7, 11) is 0. The van der Waals surface area contributed by atoms with Crippen molar-refractivity contribution < 1.29 is 4.79 Å². The highest BCUT2D eigenvalue weighted by Gasteiger charge is 2.26. The van der Waals surface area contributed by atoms with Gasteiger partial charge in [0.25, 0.3) is 5.91 Å². The molecule has 1 saturated heterocycles. The van der Waals surface area contributed by atoms with E-state index in [9.17, 15) is 4.79 Å². The van der Waals surface area contributed by atoms with Crippen LogP contribution in [0.1, 0.15) is 30.3 Å². The van der Waals surface area contributed by atoms with E-state index in [4.69, 9.17) is 5.73 Å². The minimum absolute atomic E-state index is 0.0525. The molecule has 5 heteroatoms. The summed E-state index contributed by atoms with van der Waals surface area (Å²) in [5.41, 5.74) is 6.00. The van der Waals surface area contributed by atoms with E-state index in [1.54, 1.807) is 12.5 Å². The minimum atomic E-state index is 0.0525. The Morgan fingerprint density at radius 3 is 3.12 bits per heavy atom. The van der Waals surface area contributed by atoms with E-state index >= 15 is 0 Å². The molecule has 0 spiro atoms. The van der Waals surface area contributed by atoms with Gasteiger partial charge in [-0.1, -0.05) is 13.3 Å². The number of likely N-dealkylation sites (tertiary alicyclic amines) is 1. The van der Waals surface area contributed by atoms with Crippen LogP contribution in [0.2, 0.25) is 0 Å². The third-order valence-corrected chi connectivity index (χ3v) is 3.39. The van der Waals surface area contributed by atoms with Crippen molar-refractivity contribution in [2.75, 3.05) is 19.6 Å². The second-order valence-electron chi connectivity index (χ2n) is 4.60. The maximum Gasteiger partial charge on any atom is 0.274 e. The highest BCUT2D eigenvalue weighted by atomic mass is 16.2. The third-order valence-electron chi connectivity index (χ3n) is 3.39. The summed E-state index contributed by atoms with van der Waals surface area (Å²) < 4.78 is 1.86. The molecule has 0 saturated carbocycles. The summed E-state index contributed by atoms with van der Waals surface area (Å²) in [6, 6.07) is 0. The number of hydrogen-bond donors (Lipinski definition) is 1. The lowest BCUT2D eigenvalue weighted by molar-refractivity contribution is 0.0781. The van der Waals surface area contributed by atoms with E-state index in [0.29, 0.717) is 24.7 Å². The van der Waals surface area contributed by atoms with Gasteiger partial charge in [-0.05, 0) is 12.3 Å². The molecule has 2 N–H and O–H groups in total. The lowest BCUT2D eigenvalue weighted by Crippen LogP contribution is -2.28. The number of imidazole rings is 1. The van der Waals surface area contributed by atoms with Gasteiger partial charge in [0, 0.05) is 32.4 Å². The van der Waals surface area contributed by atoms with Crippen LogP contribution in [0, 0.1) is 5.92 Å². The lowest BCUT2D eigenvalue weighted by atomic mass is 10.1. The van der Waals surface area contributed by atoms with E-state index in [2.05, 4.69) is 11.9 Å². The molecular formula is C12H20N4O. The zero-order chi connectivity index (χ0) is 12.3. The van der Waals surface area contributed by atoms with Crippen molar-refractivity contribution in [3.8, 4) is 0 Å². The average Bonchev–Trinajstić information content (AvgIpc) is 2.97. The Kier molecular flexibility index (Phi) is 3.78. The molecule has 1 unspecified atom stereocenters. The molecule has 1 atom stereocenters. The van der Waals surface area contributed by atoms with Gasteiger partial charge in [0.2, 0.25) is 0 Å². The second kappa shape index (κ2) is 5.31. The van der Waals surface area contributed by atoms with Crippen LogP contribution in [0.15, 0.2) is 12.5 Å². The summed E-state index contributed by atoms with van der Waals surface area (Å²) in [6.07, 6.45) is 5.72. The molecule has 1 aliphatic rings. The Bertz CT molecular complexity index is 388. The van der Waals surface area contributed by atoms with Crippen molar-refractivity contribution in [3.63, 3.8) is 0 Å². The summed E-state index contributed by atoms with van der Waals surface area (Å²) in [4.78, 5) is 18.2. The van der Waals surface area contributed by atoms with Crippen molar-refractivity contribution in [2.45, 2.75) is 26.3 Å². The highest BCUT2D eigenvalue weighted by molar-refractivity contribution is 5.92. The molecule has 2 heterocycles. The summed E-state index contributed by atoms with van der Waals surface area (Å²) >= 11 is 0. The van der Waals surface area contributed by atoms with Gasteiger partial charge in [-0.25, -0.2) is 4.98 Å². The van der Waals surface area contributed by atoms with Crippen LogP contribution in [-0.4, -0.2) is 40.0 Å². The average molecular weight is 236 g/mol. The SMILES string of the molecule is CCC1CCN(C(=O)c2cn(CCN)cn2)C1. The standard InChI is InChI=1S/C12H20N4O/c1-2-10-3-5-16(7-10)12(17)11-8-15(6-4-13)9-14-11/h8-10H,2-7,13H2,1H3. The van der Waals surface area contributed by atoms with Crippen LogP contribution in [0.4, 0.5) is 0 Å². The molecule has 0 aromatic carbocycles. The number of aromatic nitrogens is 2. The predicted molar refractivity (Wildman–Crippen MR) is 65.6 cm³/mol. The molecule has 1 aliphatic heterocycles. The van der Waals surface area contributed by atoms with Gasteiger partial charge in [0.1, 0.15) is 5.69 Å². The van der Waals surface area contributed by atoms with Gasteiger partial charge in [0.15, 0.2) is 0 Å². The molecule has 1 amide bonds. The smallest absolute Gasteiger partial charge is 0.274 e. The monoisotopic (exact) mass is 236 g/mol. The fourth-order valence-corrected chi connectivity index (χ4v) is 2.25. The van der Waals surface area contributed by atoms with Crippen molar-refractivity contribution in [1.82, 2.24) is 14.5 Å². The highest BCUT2D eigenvalue weighted by Crippen LogP contribution is 2.20. The fourth-order valence-electron chi connectivity index (χ4n) is 2.25.